The van der Waals surface area contributed by atoms with Gasteiger partial charge < -0.3 is 10.6 Å². The fraction of sp³-hybridized carbons (Fsp3) is 0.632. The van der Waals surface area contributed by atoms with E-state index in [4.69, 9.17) is 11.6 Å². The second-order valence-electron chi connectivity index (χ2n) is 7.54. The Balaban J connectivity index is 1.73. The van der Waals surface area contributed by atoms with Gasteiger partial charge in [0.15, 0.2) is 0 Å². The number of amides is 1. The van der Waals surface area contributed by atoms with Gasteiger partial charge in [-0.25, -0.2) is 0 Å². The van der Waals surface area contributed by atoms with Gasteiger partial charge in [0.25, 0.3) is 0 Å². The third kappa shape index (κ3) is 3.56. The van der Waals surface area contributed by atoms with Crippen LogP contribution in [-0.2, 0) is 10.2 Å². The largest absolute Gasteiger partial charge is 0.355 e. The molecule has 1 aromatic rings. The smallest absolute Gasteiger partial charge is 0.230 e. The summed E-state index contributed by atoms with van der Waals surface area (Å²) in [6.45, 7) is 5.17. The van der Waals surface area contributed by atoms with Crippen LogP contribution in [0.4, 0.5) is 0 Å². The lowest BCUT2D eigenvalue weighted by atomic mass is 9.77. The molecule has 4 heteroatoms. The van der Waals surface area contributed by atoms with Gasteiger partial charge in [-0.3, -0.25) is 4.79 Å². The van der Waals surface area contributed by atoms with Gasteiger partial charge in [0.05, 0.1) is 5.41 Å². The minimum Gasteiger partial charge on any atom is -0.355 e. The number of carbonyl (C=O) groups excluding carboxylic acids is 1. The third-order valence-corrected chi connectivity index (χ3v) is 6.03. The predicted octanol–water partition coefficient (Wildman–Crippen LogP) is 3.66. The van der Waals surface area contributed by atoms with Gasteiger partial charge in [-0.2, -0.15) is 0 Å². The minimum absolute atomic E-state index is 0.206. The van der Waals surface area contributed by atoms with E-state index >= 15 is 0 Å². The van der Waals surface area contributed by atoms with Crippen molar-refractivity contribution in [2.24, 2.45) is 5.41 Å². The summed E-state index contributed by atoms with van der Waals surface area (Å²) in [5.74, 6) is 0.206. The molecule has 2 aliphatic rings. The molecule has 1 heterocycles. The second kappa shape index (κ2) is 6.82. The number of benzene rings is 1. The van der Waals surface area contributed by atoms with Crippen molar-refractivity contribution in [1.82, 2.24) is 10.6 Å². The van der Waals surface area contributed by atoms with Crippen LogP contribution in [0.3, 0.4) is 0 Å². The van der Waals surface area contributed by atoms with Crippen LogP contribution < -0.4 is 10.6 Å². The van der Waals surface area contributed by atoms with E-state index in [0.29, 0.717) is 0 Å². The lowest BCUT2D eigenvalue weighted by Crippen LogP contribution is -2.48. The highest BCUT2D eigenvalue weighted by atomic mass is 35.5. The highest BCUT2D eigenvalue weighted by Gasteiger charge is 2.43. The first-order valence-corrected chi connectivity index (χ1v) is 9.17. The van der Waals surface area contributed by atoms with E-state index in [9.17, 15) is 4.79 Å². The molecule has 1 aliphatic heterocycles. The molecule has 1 aliphatic carbocycles. The molecular weight excluding hydrogens is 308 g/mol. The lowest BCUT2D eigenvalue weighted by Gasteiger charge is -2.36. The van der Waals surface area contributed by atoms with Crippen molar-refractivity contribution in [2.45, 2.75) is 50.9 Å². The average Bonchev–Trinajstić information content (AvgIpc) is 3.05. The van der Waals surface area contributed by atoms with Crippen LogP contribution >= 0.6 is 11.6 Å². The van der Waals surface area contributed by atoms with E-state index in [1.807, 2.05) is 24.3 Å². The first kappa shape index (κ1) is 16.8. The maximum atomic E-state index is 13.1. The van der Waals surface area contributed by atoms with Crippen LogP contribution in [0.5, 0.6) is 0 Å². The molecule has 0 bridgehead atoms. The Kier molecular flexibility index (Phi) is 4.98. The standard InChI is InChI=1S/C19H27ClN2O/c1-18(10-12-21-13-11-18)14-22-17(23)19(8-2-3-9-19)15-4-6-16(20)7-5-15/h4-7,21H,2-3,8-14H2,1H3,(H,22,23). The van der Waals surface area contributed by atoms with Crippen molar-refractivity contribution in [2.75, 3.05) is 19.6 Å². The van der Waals surface area contributed by atoms with E-state index in [1.165, 1.54) is 0 Å². The summed E-state index contributed by atoms with van der Waals surface area (Å²) in [5.41, 5.74) is 0.988. The molecule has 23 heavy (non-hydrogen) atoms. The van der Waals surface area contributed by atoms with Crippen LogP contribution in [0.1, 0.15) is 51.0 Å². The highest BCUT2D eigenvalue weighted by Crippen LogP contribution is 2.42. The summed E-state index contributed by atoms with van der Waals surface area (Å²) in [4.78, 5) is 13.1. The topological polar surface area (TPSA) is 41.1 Å². The Morgan fingerprint density at radius 3 is 2.35 bits per heavy atom. The van der Waals surface area contributed by atoms with Crippen molar-refractivity contribution in [3.8, 4) is 0 Å². The fourth-order valence-corrected chi connectivity index (χ4v) is 4.19. The van der Waals surface area contributed by atoms with Gasteiger partial charge >= 0.3 is 0 Å². The molecule has 126 valence electrons. The summed E-state index contributed by atoms with van der Waals surface area (Å²) in [7, 11) is 0. The Bertz CT molecular complexity index is 543. The Morgan fingerprint density at radius 2 is 1.74 bits per heavy atom. The van der Waals surface area contributed by atoms with E-state index in [1.54, 1.807) is 0 Å². The Morgan fingerprint density at radius 1 is 1.13 bits per heavy atom. The van der Waals surface area contributed by atoms with Crippen molar-refractivity contribution in [1.29, 1.82) is 0 Å². The molecule has 0 atom stereocenters. The number of hydrogen-bond donors (Lipinski definition) is 2. The van der Waals surface area contributed by atoms with Crippen LogP contribution in [0.2, 0.25) is 5.02 Å². The zero-order chi connectivity index (χ0) is 16.3. The van der Waals surface area contributed by atoms with Crippen molar-refractivity contribution >= 4 is 17.5 Å². The third-order valence-electron chi connectivity index (χ3n) is 5.77. The van der Waals surface area contributed by atoms with E-state index in [0.717, 1.165) is 68.7 Å². The average molecular weight is 335 g/mol. The predicted molar refractivity (Wildman–Crippen MR) is 94.8 cm³/mol. The van der Waals surface area contributed by atoms with Crippen LogP contribution in [0.25, 0.3) is 0 Å². The molecule has 1 amide bonds. The van der Waals surface area contributed by atoms with Crippen molar-refractivity contribution < 1.29 is 4.79 Å². The fourth-order valence-electron chi connectivity index (χ4n) is 4.06. The molecule has 1 saturated carbocycles. The number of rotatable bonds is 4. The highest BCUT2D eigenvalue weighted by molar-refractivity contribution is 6.30. The zero-order valence-corrected chi connectivity index (χ0v) is 14.7. The SMILES string of the molecule is CC1(CNC(=O)C2(c3ccc(Cl)cc3)CCCC2)CCNCC1. The number of carbonyl (C=O) groups is 1. The van der Waals surface area contributed by atoms with Gasteiger partial charge in [0.1, 0.15) is 0 Å². The first-order valence-electron chi connectivity index (χ1n) is 8.79. The lowest BCUT2D eigenvalue weighted by molar-refractivity contribution is -0.127. The second-order valence-corrected chi connectivity index (χ2v) is 7.98. The van der Waals surface area contributed by atoms with E-state index < -0.39 is 0 Å². The van der Waals surface area contributed by atoms with Gasteiger partial charge in [-0.1, -0.05) is 43.5 Å². The molecule has 1 aromatic carbocycles. The maximum Gasteiger partial charge on any atom is 0.230 e. The first-order chi connectivity index (χ1) is 11.0. The monoisotopic (exact) mass is 334 g/mol. The van der Waals surface area contributed by atoms with Crippen LogP contribution in [0, 0.1) is 5.41 Å². The minimum atomic E-state index is -0.353. The number of hydrogen-bond acceptors (Lipinski definition) is 2. The molecule has 0 unspecified atom stereocenters. The van der Waals surface area contributed by atoms with Crippen molar-refractivity contribution in [3.63, 3.8) is 0 Å². The number of halogens is 1. The molecule has 1 saturated heterocycles. The quantitative estimate of drug-likeness (QED) is 0.882. The molecule has 3 nitrogen and oxygen atoms in total. The summed E-state index contributed by atoms with van der Waals surface area (Å²) in [5, 5.41) is 7.41. The molecule has 0 radical (unpaired) electrons. The van der Waals surface area contributed by atoms with Gasteiger partial charge in [-0.05, 0) is 61.9 Å². The Hall–Kier alpha value is -1.06. The van der Waals surface area contributed by atoms with Crippen LogP contribution in [-0.4, -0.2) is 25.5 Å². The Labute approximate surface area is 144 Å². The van der Waals surface area contributed by atoms with Crippen molar-refractivity contribution in [3.05, 3.63) is 34.9 Å². The van der Waals surface area contributed by atoms with Gasteiger partial charge in [0.2, 0.25) is 5.91 Å². The molecule has 2 N–H and O–H groups in total. The number of piperidine rings is 1. The van der Waals surface area contributed by atoms with Gasteiger partial charge in [0, 0.05) is 11.6 Å². The van der Waals surface area contributed by atoms with E-state index in [2.05, 4.69) is 17.6 Å². The molecule has 3 rings (SSSR count). The summed E-state index contributed by atoms with van der Waals surface area (Å²) >= 11 is 6.02. The molecule has 0 spiro atoms. The maximum absolute atomic E-state index is 13.1. The zero-order valence-electron chi connectivity index (χ0n) is 14.0. The molecule has 0 aromatic heterocycles. The normalized spacial score (nSPS) is 22.7. The van der Waals surface area contributed by atoms with E-state index in [-0.39, 0.29) is 16.7 Å². The summed E-state index contributed by atoms with van der Waals surface area (Å²) in [6.07, 6.45) is 6.38. The molecule has 2 fully saturated rings. The van der Waals surface area contributed by atoms with Gasteiger partial charge in [-0.15, -0.1) is 0 Å². The summed E-state index contributed by atoms with van der Waals surface area (Å²) in [6, 6.07) is 7.86. The number of nitrogens with one attached hydrogen (secondary N) is 2. The summed E-state index contributed by atoms with van der Waals surface area (Å²) < 4.78 is 0. The molecular formula is C19H27ClN2O. The van der Waals surface area contributed by atoms with Crippen LogP contribution in [0.15, 0.2) is 24.3 Å².